The zero-order valence-corrected chi connectivity index (χ0v) is 25.3. The number of hydrogen-bond donors (Lipinski definition) is 0. The van der Waals surface area contributed by atoms with Crippen LogP contribution in [0, 0.1) is 0 Å². The van der Waals surface area contributed by atoms with Crippen molar-refractivity contribution in [1.82, 2.24) is 0 Å². The summed E-state index contributed by atoms with van der Waals surface area (Å²) in [6.07, 6.45) is 0. The Kier molecular flexibility index (Phi) is 6.25. The molecule has 0 bridgehead atoms. The summed E-state index contributed by atoms with van der Waals surface area (Å²) in [6, 6.07) is 66.6. The fourth-order valence-electron chi connectivity index (χ4n) is 7.01. The highest BCUT2D eigenvalue weighted by Crippen LogP contribution is 2.37. The molecule has 0 N–H and O–H groups in total. The van der Waals surface area contributed by atoms with E-state index in [4.69, 9.17) is 0 Å². The molecule has 0 radical (unpaired) electrons. The van der Waals surface area contributed by atoms with Gasteiger partial charge in [0.2, 0.25) is 0 Å². The van der Waals surface area contributed by atoms with Gasteiger partial charge in [0.25, 0.3) is 0 Å². The van der Waals surface area contributed by atoms with Crippen molar-refractivity contribution in [2.75, 3.05) is 0 Å². The van der Waals surface area contributed by atoms with Crippen molar-refractivity contribution in [3.8, 4) is 44.5 Å². The lowest BCUT2D eigenvalue weighted by molar-refractivity contribution is 1.60. The van der Waals surface area contributed by atoms with E-state index in [1.807, 2.05) is 0 Å². The minimum absolute atomic E-state index is 1.23. The van der Waals surface area contributed by atoms with Gasteiger partial charge in [-0.2, -0.15) is 0 Å². The molecule has 0 heterocycles. The van der Waals surface area contributed by atoms with Gasteiger partial charge >= 0.3 is 0 Å². The van der Waals surface area contributed by atoms with Gasteiger partial charge in [0.1, 0.15) is 0 Å². The van der Waals surface area contributed by atoms with Crippen LogP contribution in [0.15, 0.2) is 182 Å². The molecule has 0 amide bonds. The molecule has 46 heavy (non-hydrogen) atoms. The Bertz CT molecular complexity index is 2590. The summed E-state index contributed by atoms with van der Waals surface area (Å²) < 4.78 is 0. The van der Waals surface area contributed by atoms with Crippen LogP contribution in [-0.2, 0) is 0 Å². The average Bonchev–Trinajstić information content (AvgIpc) is 3.14. The van der Waals surface area contributed by atoms with Crippen molar-refractivity contribution in [3.05, 3.63) is 182 Å². The number of hydrogen-bond acceptors (Lipinski definition) is 0. The first kappa shape index (κ1) is 26.4. The summed E-state index contributed by atoms with van der Waals surface area (Å²) in [5.74, 6) is 0. The molecule has 0 fully saturated rings. The lowest BCUT2D eigenvalue weighted by Gasteiger charge is -2.13. The third-order valence-electron chi connectivity index (χ3n) is 9.39. The first-order valence-corrected chi connectivity index (χ1v) is 15.9. The molecule has 0 aliphatic carbocycles. The first-order valence-electron chi connectivity index (χ1n) is 15.9. The smallest absolute Gasteiger partial charge is 0.00988 e. The number of benzene rings is 9. The standard InChI is InChI=1S/C46H30/c1-2-10-32-25-36(20-19-31(32)9-1)33-12-7-13-34(26-33)37-21-23-40-28-38(22-24-39(40)27-37)35-14-8-15-41(29-35)46-30-42-11-3-4-16-43(42)44-17-5-6-18-45(44)46/h1-30H. The molecular formula is C46H30. The summed E-state index contributed by atoms with van der Waals surface area (Å²) in [6.45, 7) is 0. The SMILES string of the molecule is c1cc(-c2ccc3ccccc3c2)cc(-c2ccc3cc(-c4cccc(-c5cc6ccccc6c6ccccc56)c4)ccc3c2)c1. The molecular weight excluding hydrogens is 553 g/mol. The molecule has 0 unspecified atom stereocenters. The zero-order valence-electron chi connectivity index (χ0n) is 25.3. The van der Waals surface area contributed by atoms with Crippen LogP contribution in [0.3, 0.4) is 0 Å². The first-order chi connectivity index (χ1) is 22.8. The van der Waals surface area contributed by atoms with Crippen molar-refractivity contribution in [3.63, 3.8) is 0 Å². The molecule has 0 saturated carbocycles. The van der Waals surface area contributed by atoms with E-state index in [9.17, 15) is 0 Å². The van der Waals surface area contributed by atoms with E-state index in [1.54, 1.807) is 0 Å². The van der Waals surface area contributed by atoms with Gasteiger partial charge < -0.3 is 0 Å². The van der Waals surface area contributed by atoms with E-state index >= 15 is 0 Å². The van der Waals surface area contributed by atoms with E-state index in [0.29, 0.717) is 0 Å². The van der Waals surface area contributed by atoms with Gasteiger partial charge in [-0.3, -0.25) is 0 Å². The van der Waals surface area contributed by atoms with Crippen molar-refractivity contribution >= 4 is 43.1 Å². The van der Waals surface area contributed by atoms with Crippen LogP contribution in [-0.4, -0.2) is 0 Å². The van der Waals surface area contributed by atoms with Gasteiger partial charge in [-0.25, -0.2) is 0 Å². The van der Waals surface area contributed by atoms with Crippen LogP contribution < -0.4 is 0 Å². The van der Waals surface area contributed by atoms with Crippen molar-refractivity contribution in [1.29, 1.82) is 0 Å². The van der Waals surface area contributed by atoms with Gasteiger partial charge in [-0.05, 0) is 124 Å². The monoisotopic (exact) mass is 582 g/mol. The van der Waals surface area contributed by atoms with Gasteiger partial charge in [0.15, 0.2) is 0 Å². The van der Waals surface area contributed by atoms with E-state index in [-0.39, 0.29) is 0 Å². The van der Waals surface area contributed by atoms with Gasteiger partial charge in [0, 0.05) is 0 Å². The Morgan fingerprint density at radius 1 is 0.196 bits per heavy atom. The maximum atomic E-state index is 2.34. The molecule has 0 heteroatoms. The third kappa shape index (κ3) is 4.64. The molecule has 0 atom stereocenters. The molecule has 0 aromatic heterocycles. The van der Waals surface area contributed by atoms with E-state index in [0.717, 1.165) is 0 Å². The molecule has 0 spiro atoms. The molecule has 0 saturated heterocycles. The molecule has 9 aromatic rings. The highest BCUT2D eigenvalue weighted by atomic mass is 14.1. The van der Waals surface area contributed by atoms with E-state index in [2.05, 4.69) is 182 Å². The quantitative estimate of drug-likeness (QED) is 0.181. The van der Waals surface area contributed by atoms with Crippen LogP contribution >= 0.6 is 0 Å². The lowest BCUT2D eigenvalue weighted by Crippen LogP contribution is -1.86. The Labute approximate surface area is 268 Å². The van der Waals surface area contributed by atoms with Crippen molar-refractivity contribution in [2.45, 2.75) is 0 Å². The van der Waals surface area contributed by atoms with Crippen LogP contribution in [0.2, 0.25) is 0 Å². The van der Waals surface area contributed by atoms with E-state index < -0.39 is 0 Å². The third-order valence-corrected chi connectivity index (χ3v) is 9.39. The topological polar surface area (TPSA) is 0 Å². The predicted octanol–water partition coefficient (Wildman–Crippen LogP) is 13.0. The molecule has 0 nitrogen and oxygen atoms in total. The second kappa shape index (κ2) is 10.9. The second-order valence-electron chi connectivity index (χ2n) is 12.2. The summed E-state index contributed by atoms with van der Waals surface area (Å²) in [5.41, 5.74) is 9.89. The summed E-state index contributed by atoms with van der Waals surface area (Å²) in [5, 5.41) is 10.2. The molecule has 214 valence electrons. The predicted molar refractivity (Wildman–Crippen MR) is 198 cm³/mol. The fraction of sp³-hybridized carbons (Fsp3) is 0. The average molecular weight is 583 g/mol. The van der Waals surface area contributed by atoms with Crippen LogP contribution in [0.4, 0.5) is 0 Å². The van der Waals surface area contributed by atoms with Crippen molar-refractivity contribution < 1.29 is 0 Å². The summed E-state index contributed by atoms with van der Waals surface area (Å²) in [7, 11) is 0. The Hall–Kier alpha value is -5.98. The maximum absolute atomic E-state index is 2.34. The second-order valence-corrected chi connectivity index (χ2v) is 12.2. The number of rotatable bonds is 4. The summed E-state index contributed by atoms with van der Waals surface area (Å²) in [4.78, 5) is 0. The molecule has 9 aromatic carbocycles. The van der Waals surface area contributed by atoms with Crippen LogP contribution in [0.5, 0.6) is 0 Å². The largest absolute Gasteiger partial charge is 0.0616 e. The minimum Gasteiger partial charge on any atom is -0.0616 e. The zero-order chi connectivity index (χ0) is 30.5. The van der Waals surface area contributed by atoms with Gasteiger partial charge in [-0.15, -0.1) is 0 Å². The fourth-order valence-corrected chi connectivity index (χ4v) is 7.01. The maximum Gasteiger partial charge on any atom is -0.00988 e. The van der Waals surface area contributed by atoms with Crippen molar-refractivity contribution in [2.24, 2.45) is 0 Å². The Morgan fingerprint density at radius 3 is 1.24 bits per heavy atom. The molecule has 9 rings (SSSR count). The molecule has 0 aliphatic heterocycles. The van der Waals surface area contributed by atoms with Gasteiger partial charge in [-0.1, -0.05) is 146 Å². The van der Waals surface area contributed by atoms with Crippen LogP contribution in [0.1, 0.15) is 0 Å². The minimum atomic E-state index is 1.23. The Morgan fingerprint density at radius 2 is 0.609 bits per heavy atom. The summed E-state index contributed by atoms with van der Waals surface area (Å²) >= 11 is 0. The number of fused-ring (bicyclic) bond motifs is 5. The normalized spacial score (nSPS) is 11.5. The Balaban J connectivity index is 1.06. The highest BCUT2D eigenvalue weighted by Gasteiger charge is 2.10. The van der Waals surface area contributed by atoms with Crippen LogP contribution in [0.25, 0.3) is 87.6 Å². The molecule has 0 aliphatic rings. The highest BCUT2D eigenvalue weighted by molar-refractivity contribution is 6.14. The van der Waals surface area contributed by atoms with Gasteiger partial charge in [0.05, 0.1) is 0 Å². The van der Waals surface area contributed by atoms with E-state index in [1.165, 1.54) is 87.6 Å². The lowest BCUT2D eigenvalue weighted by atomic mass is 9.91.